The number of hydrogen-bond acceptors (Lipinski definition) is 5. The molecule has 0 bridgehead atoms. The molecular formula is C15H27N5. The van der Waals surface area contributed by atoms with Crippen molar-refractivity contribution in [1.29, 1.82) is 0 Å². The van der Waals surface area contributed by atoms with Gasteiger partial charge in [0.2, 0.25) is 0 Å². The summed E-state index contributed by atoms with van der Waals surface area (Å²) in [4.78, 5) is 7.98. The molecular weight excluding hydrogens is 250 g/mol. The quantitative estimate of drug-likeness (QED) is 0.572. The van der Waals surface area contributed by atoms with Gasteiger partial charge in [-0.3, -0.25) is 0 Å². The van der Waals surface area contributed by atoms with Crippen LogP contribution < -0.4 is 16.8 Å². The van der Waals surface area contributed by atoms with E-state index in [0.29, 0.717) is 23.7 Å². The Morgan fingerprint density at radius 3 is 2.60 bits per heavy atom. The molecule has 1 aromatic heterocycles. The van der Waals surface area contributed by atoms with Crippen LogP contribution in [0.2, 0.25) is 0 Å². The first-order valence-electron chi connectivity index (χ1n) is 7.41. The minimum Gasteiger partial charge on any atom is -0.394 e. The Bertz CT molecular complexity index is 417. The van der Waals surface area contributed by atoms with Crippen molar-refractivity contribution in [2.75, 3.05) is 24.6 Å². The number of aromatic nitrogens is 2. The van der Waals surface area contributed by atoms with Gasteiger partial charge in [-0.1, -0.05) is 45.6 Å². The van der Waals surface area contributed by atoms with Crippen molar-refractivity contribution in [3.63, 3.8) is 0 Å². The summed E-state index contributed by atoms with van der Waals surface area (Å²) in [5.41, 5.74) is 13.4. The van der Waals surface area contributed by atoms with Gasteiger partial charge in [0.1, 0.15) is 12.0 Å². The number of unbranched alkanes of at least 4 members (excludes halogenated alkanes) is 5. The van der Waals surface area contributed by atoms with Crippen molar-refractivity contribution in [2.24, 2.45) is 0 Å². The van der Waals surface area contributed by atoms with Crippen LogP contribution in [0.5, 0.6) is 0 Å². The first kappa shape index (κ1) is 16.4. The van der Waals surface area contributed by atoms with Crippen LogP contribution in [0.15, 0.2) is 12.9 Å². The molecule has 1 heterocycles. The average Bonchev–Trinajstić information content (AvgIpc) is 2.44. The third-order valence-electron chi connectivity index (χ3n) is 3.30. The van der Waals surface area contributed by atoms with Gasteiger partial charge >= 0.3 is 0 Å². The van der Waals surface area contributed by atoms with E-state index in [1.807, 2.05) is 0 Å². The van der Waals surface area contributed by atoms with Crippen molar-refractivity contribution in [3.8, 4) is 0 Å². The molecule has 0 aromatic carbocycles. The molecule has 1 rings (SSSR count). The van der Waals surface area contributed by atoms with E-state index in [1.54, 1.807) is 0 Å². The molecule has 0 aliphatic carbocycles. The zero-order valence-electron chi connectivity index (χ0n) is 12.5. The van der Waals surface area contributed by atoms with Crippen LogP contribution in [0.3, 0.4) is 0 Å². The van der Waals surface area contributed by atoms with E-state index in [9.17, 15) is 0 Å². The Morgan fingerprint density at radius 2 is 1.85 bits per heavy atom. The van der Waals surface area contributed by atoms with Crippen LogP contribution in [-0.2, 0) is 0 Å². The summed E-state index contributed by atoms with van der Waals surface area (Å²) in [6.07, 6.45) is 9.20. The Balaban J connectivity index is 2.19. The molecule has 5 nitrogen and oxygen atoms in total. The van der Waals surface area contributed by atoms with Crippen LogP contribution in [0.4, 0.5) is 11.5 Å². The monoisotopic (exact) mass is 277 g/mol. The molecule has 0 atom stereocenters. The number of rotatable bonds is 10. The highest BCUT2D eigenvalue weighted by atomic mass is 15.0. The zero-order valence-corrected chi connectivity index (χ0v) is 12.5. The molecule has 0 saturated carbocycles. The Labute approximate surface area is 121 Å². The maximum atomic E-state index is 5.84. The predicted octanol–water partition coefficient (Wildman–Crippen LogP) is 2.60. The smallest absolute Gasteiger partial charge is 0.150 e. The molecule has 20 heavy (non-hydrogen) atoms. The standard InChI is InChI=1S/C15H27N5/c1-3-4-5-6-7-8-9-18-10-12(2)14-13(16)15(17)20-11-19-14/h11,18H,2-10,16H2,1H3,(H2,17,19,20). The summed E-state index contributed by atoms with van der Waals surface area (Å²) >= 11 is 0. The molecule has 112 valence electrons. The maximum absolute atomic E-state index is 5.84. The molecule has 0 aliphatic rings. The number of nitrogen functional groups attached to an aromatic ring is 2. The topological polar surface area (TPSA) is 89.8 Å². The van der Waals surface area contributed by atoms with E-state index in [2.05, 4.69) is 28.8 Å². The molecule has 0 spiro atoms. The largest absolute Gasteiger partial charge is 0.394 e. The molecule has 0 saturated heterocycles. The summed E-state index contributed by atoms with van der Waals surface area (Å²) in [6.45, 7) is 7.90. The fourth-order valence-corrected chi connectivity index (χ4v) is 2.04. The van der Waals surface area contributed by atoms with Gasteiger partial charge in [0.25, 0.3) is 0 Å². The summed E-state index contributed by atoms with van der Waals surface area (Å²) in [5, 5.41) is 3.36. The molecule has 0 unspecified atom stereocenters. The van der Waals surface area contributed by atoms with Crippen LogP contribution in [0.1, 0.15) is 51.1 Å². The SMILES string of the molecule is C=C(CNCCCCCCCC)c1ncnc(N)c1N. The van der Waals surface area contributed by atoms with Crippen LogP contribution >= 0.6 is 0 Å². The molecule has 1 aromatic rings. The van der Waals surface area contributed by atoms with Gasteiger partial charge in [-0.15, -0.1) is 0 Å². The van der Waals surface area contributed by atoms with Gasteiger partial charge < -0.3 is 16.8 Å². The summed E-state index contributed by atoms with van der Waals surface area (Å²) in [5.74, 6) is 0.312. The van der Waals surface area contributed by atoms with E-state index < -0.39 is 0 Å². The third kappa shape index (κ3) is 5.57. The predicted molar refractivity (Wildman–Crippen MR) is 86.1 cm³/mol. The molecule has 0 fully saturated rings. The van der Waals surface area contributed by atoms with E-state index in [4.69, 9.17) is 11.5 Å². The third-order valence-corrected chi connectivity index (χ3v) is 3.30. The maximum Gasteiger partial charge on any atom is 0.150 e. The Morgan fingerprint density at radius 1 is 1.15 bits per heavy atom. The first-order valence-corrected chi connectivity index (χ1v) is 7.41. The van der Waals surface area contributed by atoms with Crippen molar-refractivity contribution in [2.45, 2.75) is 45.4 Å². The summed E-state index contributed by atoms with van der Waals surface area (Å²) in [7, 11) is 0. The van der Waals surface area contributed by atoms with Crippen molar-refractivity contribution < 1.29 is 0 Å². The number of anilines is 2. The van der Waals surface area contributed by atoms with Crippen molar-refractivity contribution in [1.82, 2.24) is 15.3 Å². The Hall–Kier alpha value is -1.62. The minimum absolute atomic E-state index is 0.312. The fraction of sp³-hybridized carbons (Fsp3) is 0.600. The van der Waals surface area contributed by atoms with Crippen molar-refractivity contribution in [3.05, 3.63) is 18.6 Å². The van der Waals surface area contributed by atoms with Crippen LogP contribution in [-0.4, -0.2) is 23.1 Å². The first-order chi connectivity index (χ1) is 9.66. The lowest BCUT2D eigenvalue weighted by Gasteiger charge is -2.10. The van der Waals surface area contributed by atoms with Crippen LogP contribution in [0, 0.1) is 0 Å². The van der Waals surface area contributed by atoms with E-state index in [0.717, 1.165) is 12.1 Å². The lowest BCUT2D eigenvalue weighted by Crippen LogP contribution is -2.18. The van der Waals surface area contributed by atoms with Gasteiger partial charge in [-0.25, -0.2) is 9.97 Å². The second-order valence-corrected chi connectivity index (χ2v) is 5.07. The second kappa shape index (κ2) is 9.31. The lowest BCUT2D eigenvalue weighted by molar-refractivity contribution is 0.586. The highest BCUT2D eigenvalue weighted by molar-refractivity contribution is 5.77. The number of hydrogen-bond donors (Lipinski definition) is 3. The van der Waals surface area contributed by atoms with Crippen molar-refractivity contribution >= 4 is 17.1 Å². The highest BCUT2D eigenvalue weighted by Gasteiger charge is 2.08. The number of nitrogens with one attached hydrogen (secondary N) is 1. The van der Waals surface area contributed by atoms with E-state index >= 15 is 0 Å². The molecule has 0 amide bonds. The second-order valence-electron chi connectivity index (χ2n) is 5.07. The normalized spacial score (nSPS) is 10.7. The zero-order chi connectivity index (χ0) is 14.8. The average molecular weight is 277 g/mol. The van der Waals surface area contributed by atoms with Gasteiger partial charge in [0, 0.05) is 6.54 Å². The van der Waals surface area contributed by atoms with Gasteiger partial charge in [-0.05, 0) is 18.5 Å². The highest BCUT2D eigenvalue weighted by Crippen LogP contribution is 2.20. The Kier molecular flexibility index (Phi) is 7.65. The van der Waals surface area contributed by atoms with Gasteiger partial charge in [-0.2, -0.15) is 0 Å². The minimum atomic E-state index is 0.312. The lowest BCUT2D eigenvalue weighted by atomic mass is 10.1. The van der Waals surface area contributed by atoms with Gasteiger partial charge in [0.05, 0.1) is 5.69 Å². The molecule has 0 radical (unpaired) electrons. The molecule has 5 heteroatoms. The van der Waals surface area contributed by atoms with E-state index in [-0.39, 0.29) is 0 Å². The number of nitrogens with zero attached hydrogens (tertiary/aromatic N) is 2. The van der Waals surface area contributed by atoms with E-state index in [1.165, 1.54) is 44.9 Å². The fourth-order valence-electron chi connectivity index (χ4n) is 2.04. The number of nitrogens with two attached hydrogens (primary N) is 2. The molecule has 0 aliphatic heterocycles. The van der Waals surface area contributed by atoms with Gasteiger partial charge in [0.15, 0.2) is 5.82 Å². The van der Waals surface area contributed by atoms with Crippen LogP contribution in [0.25, 0.3) is 5.57 Å². The summed E-state index contributed by atoms with van der Waals surface area (Å²) in [6, 6.07) is 0. The summed E-state index contributed by atoms with van der Waals surface area (Å²) < 4.78 is 0. The molecule has 5 N–H and O–H groups in total.